The lowest BCUT2D eigenvalue weighted by molar-refractivity contribution is -0.474. The molecule has 0 atom stereocenters. The smallest absolute Gasteiger partial charge is 0.350 e. The van der Waals surface area contributed by atoms with Gasteiger partial charge in [0, 0.05) is 0 Å². The first kappa shape index (κ1) is 11.8. The predicted molar refractivity (Wildman–Crippen MR) is 58.0 cm³/mol. The third-order valence-corrected chi connectivity index (χ3v) is 2.35. The van der Waals surface area contributed by atoms with Gasteiger partial charge in [0.1, 0.15) is 0 Å². The molecule has 0 bridgehead atoms. The van der Waals surface area contributed by atoms with Gasteiger partial charge in [-0.1, -0.05) is 0 Å². The Morgan fingerprint density at radius 2 is 2.13 bits per heavy atom. The molecule has 15 heavy (non-hydrogen) atoms. The summed E-state index contributed by atoms with van der Waals surface area (Å²) < 4.78 is 6.96. The number of esters is 1. The first-order valence-corrected chi connectivity index (χ1v) is 5.22. The molecule has 0 radical (unpaired) electrons. The topological polar surface area (TPSA) is 35.8 Å². The van der Waals surface area contributed by atoms with Gasteiger partial charge in [0.25, 0.3) is 0 Å². The Bertz CT molecular complexity index is 272. The highest BCUT2D eigenvalue weighted by Gasteiger charge is 2.33. The zero-order chi connectivity index (χ0) is 11.4. The summed E-state index contributed by atoms with van der Waals surface area (Å²) in [6, 6.07) is 0. The summed E-state index contributed by atoms with van der Waals surface area (Å²) in [7, 11) is 5.99. The van der Waals surface area contributed by atoms with Crippen LogP contribution in [0.2, 0.25) is 0 Å². The summed E-state index contributed by atoms with van der Waals surface area (Å²) in [5, 5.41) is 0. The number of carbonyl (C=O) groups excluding carboxylic acids is 1. The van der Waals surface area contributed by atoms with Crippen LogP contribution in [0.3, 0.4) is 0 Å². The molecule has 1 aliphatic rings. The van der Waals surface area contributed by atoms with Crippen molar-refractivity contribution in [3.8, 4) is 0 Å². The van der Waals surface area contributed by atoms with Gasteiger partial charge in [0.15, 0.2) is 6.54 Å². The van der Waals surface area contributed by atoms with E-state index in [1.165, 1.54) is 0 Å². The zero-order valence-electron chi connectivity index (χ0n) is 9.99. The molecular formula is C10H20N3O2+. The summed E-state index contributed by atoms with van der Waals surface area (Å²) in [4.78, 5) is 15.5. The minimum absolute atomic E-state index is 0.160. The molecule has 0 spiro atoms. The van der Waals surface area contributed by atoms with Crippen molar-refractivity contribution in [2.45, 2.75) is 6.92 Å². The highest BCUT2D eigenvalue weighted by atomic mass is 16.5. The average Bonchev–Trinajstić information content (AvgIpc) is 2.47. The van der Waals surface area contributed by atoms with Crippen LogP contribution >= 0.6 is 0 Å². The number of likely N-dealkylation sites (N-methyl/N-ethyl adjacent to an activating group) is 1. The third kappa shape index (κ3) is 2.84. The molecule has 0 aromatic carbocycles. The first-order valence-electron chi connectivity index (χ1n) is 5.22. The van der Waals surface area contributed by atoms with Gasteiger partial charge in [-0.15, -0.1) is 0 Å². The number of hydrogen-bond donors (Lipinski definition) is 0. The predicted octanol–water partition coefficient (Wildman–Crippen LogP) is -0.575. The highest BCUT2D eigenvalue weighted by molar-refractivity contribution is 5.82. The molecule has 0 unspecified atom stereocenters. The van der Waals surface area contributed by atoms with E-state index in [4.69, 9.17) is 4.74 Å². The van der Waals surface area contributed by atoms with Crippen molar-refractivity contribution in [1.29, 1.82) is 0 Å². The van der Waals surface area contributed by atoms with E-state index in [9.17, 15) is 4.79 Å². The average molecular weight is 214 g/mol. The molecule has 1 fully saturated rings. The molecule has 1 saturated heterocycles. The summed E-state index contributed by atoms with van der Waals surface area (Å²) in [5.74, 6) is 0.912. The lowest BCUT2D eigenvalue weighted by atomic mass is 10.5. The van der Waals surface area contributed by atoms with Crippen molar-refractivity contribution in [3.05, 3.63) is 0 Å². The van der Waals surface area contributed by atoms with Crippen molar-refractivity contribution in [1.82, 2.24) is 9.80 Å². The van der Waals surface area contributed by atoms with Gasteiger partial charge in [-0.25, -0.2) is 4.79 Å². The lowest BCUT2D eigenvalue weighted by Crippen LogP contribution is -2.40. The number of nitrogens with zero attached hydrogens (tertiary/aromatic N) is 3. The quantitative estimate of drug-likeness (QED) is 0.465. The van der Waals surface area contributed by atoms with Crippen LogP contribution in [0.15, 0.2) is 0 Å². The van der Waals surface area contributed by atoms with Crippen LogP contribution in [0.1, 0.15) is 6.92 Å². The van der Waals surface area contributed by atoms with Gasteiger partial charge < -0.3 is 4.74 Å². The summed E-state index contributed by atoms with van der Waals surface area (Å²) in [6.45, 7) is 4.44. The number of hydrogen-bond acceptors (Lipinski definition) is 2. The van der Waals surface area contributed by atoms with Crippen LogP contribution < -0.4 is 0 Å². The van der Waals surface area contributed by atoms with E-state index in [1.807, 2.05) is 37.5 Å². The van der Waals surface area contributed by atoms with Crippen molar-refractivity contribution < 1.29 is 14.1 Å². The molecule has 0 N–H and O–H groups in total. The van der Waals surface area contributed by atoms with Gasteiger partial charge in [-0.3, -0.25) is 14.4 Å². The van der Waals surface area contributed by atoms with Crippen molar-refractivity contribution in [3.63, 3.8) is 0 Å². The van der Waals surface area contributed by atoms with Crippen LogP contribution in [0, 0.1) is 0 Å². The second-order valence-electron chi connectivity index (χ2n) is 3.84. The fourth-order valence-corrected chi connectivity index (χ4v) is 1.85. The maximum Gasteiger partial charge on any atom is 0.350 e. The minimum atomic E-state index is -0.160. The molecule has 86 valence electrons. The Hall–Kier alpha value is -1.26. The van der Waals surface area contributed by atoms with Crippen LogP contribution in [0.25, 0.3) is 0 Å². The van der Waals surface area contributed by atoms with Crippen molar-refractivity contribution in [2.24, 2.45) is 0 Å². The number of guanidine groups is 1. The second-order valence-corrected chi connectivity index (χ2v) is 3.84. The molecule has 0 aliphatic carbocycles. The van der Waals surface area contributed by atoms with E-state index in [-0.39, 0.29) is 5.97 Å². The Morgan fingerprint density at radius 3 is 2.67 bits per heavy atom. The molecule has 1 rings (SSSR count). The number of ether oxygens (including phenoxy) is 1. The Labute approximate surface area is 90.9 Å². The van der Waals surface area contributed by atoms with Gasteiger partial charge in [-0.05, 0) is 6.92 Å². The Morgan fingerprint density at radius 1 is 1.47 bits per heavy atom. The monoisotopic (exact) mass is 214 g/mol. The molecular weight excluding hydrogens is 194 g/mol. The van der Waals surface area contributed by atoms with E-state index < -0.39 is 0 Å². The maximum atomic E-state index is 11.4. The van der Waals surface area contributed by atoms with Crippen LogP contribution in [0.4, 0.5) is 0 Å². The van der Waals surface area contributed by atoms with E-state index in [0.717, 1.165) is 19.0 Å². The number of carbonyl (C=O) groups is 1. The van der Waals surface area contributed by atoms with Crippen molar-refractivity contribution >= 4 is 11.9 Å². The van der Waals surface area contributed by atoms with Crippen LogP contribution in [0.5, 0.6) is 0 Å². The Kier molecular flexibility index (Phi) is 3.94. The van der Waals surface area contributed by atoms with E-state index in [0.29, 0.717) is 13.2 Å². The van der Waals surface area contributed by atoms with E-state index >= 15 is 0 Å². The summed E-state index contributed by atoms with van der Waals surface area (Å²) in [6.07, 6.45) is 0. The minimum Gasteiger partial charge on any atom is -0.464 e. The van der Waals surface area contributed by atoms with Crippen LogP contribution in [-0.2, 0) is 9.53 Å². The lowest BCUT2D eigenvalue weighted by Gasteiger charge is -2.14. The second kappa shape index (κ2) is 5.00. The molecule has 0 aromatic heterocycles. The highest BCUT2D eigenvalue weighted by Crippen LogP contribution is 2.05. The normalized spacial score (nSPS) is 15.9. The standard InChI is InChI=1S/C10H20N3O2/c1-5-15-9(14)8-13-7-6-12(4)10(13)11(2)3/h5-8H2,1-4H3/q+1. The molecule has 5 heteroatoms. The molecule has 5 nitrogen and oxygen atoms in total. The molecule has 0 aromatic rings. The fraction of sp³-hybridized carbons (Fsp3) is 0.800. The van der Waals surface area contributed by atoms with Gasteiger partial charge in [0.2, 0.25) is 0 Å². The molecule has 0 saturated carbocycles. The van der Waals surface area contributed by atoms with Gasteiger partial charge in [-0.2, -0.15) is 0 Å². The molecule has 1 heterocycles. The van der Waals surface area contributed by atoms with Crippen LogP contribution in [-0.4, -0.2) is 73.7 Å². The fourth-order valence-electron chi connectivity index (χ4n) is 1.85. The van der Waals surface area contributed by atoms with Gasteiger partial charge in [0.05, 0.1) is 40.8 Å². The maximum absolute atomic E-state index is 11.4. The summed E-state index contributed by atoms with van der Waals surface area (Å²) in [5.41, 5.74) is 0. The van der Waals surface area contributed by atoms with E-state index in [2.05, 4.69) is 4.90 Å². The number of rotatable bonds is 3. The zero-order valence-corrected chi connectivity index (χ0v) is 9.99. The Balaban J connectivity index is 2.63. The first-order chi connectivity index (χ1) is 7.06. The summed E-state index contributed by atoms with van der Waals surface area (Å²) >= 11 is 0. The SMILES string of the molecule is CCOC(=O)CN1CCN(C)C1=[N+](C)C. The van der Waals surface area contributed by atoms with Gasteiger partial charge >= 0.3 is 11.9 Å². The molecule has 1 aliphatic heterocycles. The largest absolute Gasteiger partial charge is 0.464 e. The van der Waals surface area contributed by atoms with Crippen molar-refractivity contribution in [2.75, 3.05) is 47.4 Å². The van der Waals surface area contributed by atoms with E-state index in [1.54, 1.807) is 0 Å². The third-order valence-electron chi connectivity index (χ3n) is 2.35. The molecule has 0 amide bonds.